The molecule has 1 aliphatic heterocycles. The molecule has 0 amide bonds. The van der Waals surface area contributed by atoms with E-state index >= 15 is 0 Å². The fourth-order valence-electron chi connectivity index (χ4n) is 2.85. The van der Waals surface area contributed by atoms with Crippen molar-refractivity contribution in [1.29, 1.82) is 0 Å². The van der Waals surface area contributed by atoms with E-state index in [-0.39, 0.29) is 6.42 Å². The Balaban J connectivity index is 1.59. The van der Waals surface area contributed by atoms with Crippen molar-refractivity contribution in [2.24, 2.45) is 4.99 Å². The van der Waals surface area contributed by atoms with Crippen LogP contribution in [0.5, 0.6) is 0 Å². The van der Waals surface area contributed by atoms with Crippen LogP contribution in [0.4, 0.5) is 5.69 Å². The highest BCUT2D eigenvalue weighted by Gasteiger charge is 2.16. The summed E-state index contributed by atoms with van der Waals surface area (Å²) in [5, 5.41) is 8.64. The predicted molar refractivity (Wildman–Crippen MR) is 90.4 cm³/mol. The number of aromatic nitrogens is 1. The second-order valence-corrected chi connectivity index (χ2v) is 5.87. The number of pyridine rings is 1. The number of unbranched alkanes of at least 4 members (excludes halogenated alkanes) is 2. The quantitative estimate of drug-likeness (QED) is 0.788. The molecule has 23 heavy (non-hydrogen) atoms. The van der Waals surface area contributed by atoms with Crippen LogP contribution in [0.3, 0.4) is 0 Å². The lowest BCUT2D eigenvalue weighted by Gasteiger charge is -2.04. The van der Waals surface area contributed by atoms with Gasteiger partial charge in [-0.3, -0.25) is 14.8 Å². The van der Waals surface area contributed by atoms with E-state index < -0.39 is 5.97 Å². The summed E-state index contributed by atoms with van der Waals surface area (Å²) in [6, 6.07) is 12.3. The van der Waals surface area contributed by atoms with E-state index in [1.165, 1.54) is 11.1 Å². The molecule has 0 saturated carbocycles. The average molecular weight is 308 g/mol. The van der Waals surface area contributed by atoms with Crippen LogP contribution in [-0.2, 0) is 17.6 Å². The van der Waals surface area contributed by atoms with Gasteiger partial charge in [0.1, 0.15) is 0 Å². The molecule has 0 atom stereocenters. The second kappa shape index (κ2) is 7.18. The summed E-state index contributed by atoms with van der Waals surface area (Å²) in [4.78, 5) is 19.6. The van der Waals surface area contributed by atoms with Gasteiger partial charge in [0.2, 0.25) is 0 Å². The highest BCUT2D eigenvalue weighted by molar-refractivity contribution is 6.05. The number of carboxylic acids is 1. The van der Waals surface area contributed by atoms with E-state index in [4.69, 9.17) is 5.11 Å². The summed E-state index contributed by atoms with van der Waals surface area (Å²) >= 11 is 0. The van der Waals surface area contributed by atoms with Crippen molar-refractivity contribution >= 4 is 17.4 Å². The molecule has 2 heterocycles. The number of carboxylic acid groups (broad SMARTS) is 1. The smallest absolute Gasteiger partial charge is 0.303 e. The molecular formula is C19H20N2O2. The Morgan fingerprint density at radius 1 is 1.13 bits per heavy atom. The van der Waals surface area contributed by atoms with E-state index in [0.29, 0.717) is 0 Å². The van der Waals surface area contributed by atoms with Crippen LogP contribution in [-0.4, -0.2) is 21.8 Å². The Kier molecular flexibility index (Phi) is 4.81. The average Bonchev–Trinajstić information content (AvgIpc) is 2.99. The zero-order valence-electron chi connectivity index (χ0n) is 13.0. The maximum absolute atomic E-state index is 10.5. The zero-order valence-corrected chi connectivity index (χ0v) is 13.0. The van der Waals surface area contributed by atoms with Crippen molar-refractivity contribution in [3.05, 3.63) is 59.4 Å². The molecule has 0 unspecified atom stereocenters. The topological polar surface area (TPSA) is 62.5 Å². The fourth-order valence-corrected chi connectivity index (χ4v) is 2.85. The molecule has 4 heteroatoms. The van der Waals surface area contributed by atoms with Gasteiger partial charge < -0.3 is 5.11 Å². The Labute approximate surface area is 135 Å². The van der Waals surface area contributed by atoms with Crippen molar-refractivity contribution in [3.8, 4) is 0 Å². The molecule has 118 valence electrons. The van der Waals surface area contributed by atoms with E-state index in [0.717, 1.165) is 49.2 Å². The van der Waals surface area contributed by atoms with Gasteiger partial charge in [0.05, 0.1) is 17.1 Å². The van der Waals surface area contributed by atoms with Crippen molar-refractivity contribution < 1.29 is 9.90 Å². The number of benzene rings is 1. The van der Waals surface area contributed by atoms with Gasteiger partial charge in [-0.1, -0.05) is 24.6 Å². The first kappa shape index (κ1) is 15.4. The number of aliphatic carboxylic acids is 1. The Bertz CT molecular complexity index is 738. The van der Waals surface area contributed by atoms with Crippen molar-refractivity contribution in [3.63, 3.8) is 0 Å². The number of carbonyl (C=O) groups is 1. The molecule has 0 radical (unpaired) electrons. The number of rotatable bonds is 7. The first-order valence-corrected chi connectivity index (χ1v) is 8.05. The van der Waals surface area contributed by atoms with Gasteiger partial charge in [0.25, 0.3) is 0 Å². The summed E-state index contributed by atoms with van der Waals surface area (Å²) in [5.41, 5.74) is 5.51. The van der Waals surface area contributed by atoms with E-state index in [2.05, 4.69) is 22.1 Å². The monoisotopic (exact) mass is 308 g/mol. The highest BCUT2D eigenvalue weighted by atomic mass is 16.4. The minimum Gasteiger partial charge on any atom is -0.481 e. The van der Waals surface area contributed by atoms with Crippen LogP contribution in [0.1, 0.15) is 42.5 Å². The predicted octanol–water partition coefficient (Wildman–Crippen LogP) is 3.95. The number of aryl methyl sites for hydroxylation is 1. The minimum atomic E-state index is -0.713. The van der Waals surface area contributed by atoms with E-state index in [9.17, 15) is 4.79 Å². The maximum atomic E-state index is 10.5. The van der Waals surface area contributed by atoms with E-state index in [1.807, 2.05) is 30.5 Å². The summed E-state index contributed by atoms with van der Waals surface area (Å²) in [5.74, 6) is -0.713. The maximum Gasteiger partial charge on any atom is 0.303 e. The third-order valence-corrected chi connectivity index (χ3v) is 4.08. The Hall–Kier alpha value is -2.49. The molecule has 0 saturated heterocycles. The molecule has 1 aromatic heterocycles. The van der Waals surface area contributed by atoms with Crippen molar-refractivity contribution in [2.45, 2.75) is 38.5 Å². The van der Waals surface area contributed by atoms with Gasteiger partial charge in [0, 0.05) is 19.0 Å². The minimum absolute atomic E-state index is 0.261. The van der Waals surface area contributed by atoms with Gasteiger partial charge in [0.15, 0.2) is 0 Å². The Morgan fingerprint density at radius 3 is 2.83 bits per heavy atom. The molecule has 0 fully saturated rings. The standard InChI is InChI=1S/C19H20N2O2/c22-19(23)9-3-1-2-6-14-10-11-20-17(12-14)18-13-15-7-4-5-8-16(15)21-18/h4-5,7-8,10-12H,1-3,6,9,13H2,(H,22,23). The molecule has 0 aliphatic carbocycles. The van der Waals surface area contributed by atoms with Gasteiger partial charge in [-0.2, -0.15) is 0 Å². The molecule has 2 aromatic rings. The molecule has 1 N–H and O–H groups in total. The second-order valence-electron chi connectivity index (χ2n) is 5.87. The number of para-hydroxylation sites is 1. The lowest BCUT2D eigenvalue weighted by Crippen LogP contribution is -2.04. The summed E-state index contributed by atoms with van der Waals surface area (Å²) in [7, 11) is 0. The molecule has 0 bridgehead atoms. The van der Waals surface area contributed by atoms with E-state index in [1.54, 1.807) is 0 Å². The highest BCUT2D eigenvalue weighted by Crippen LogP contribution is 2.28. The number of aliphatic imine (C=N–C) groups is 1. The third kappa shape index (κ3) is 4.03. The molecule has 1 aromatic carbocycles. The molecule has 3 rings (SSSR count). The van der Waals surface area contributed by atoms with Crippen LogP contribution in [0.25, 0.3) is 0 Å². The molecular weight excluding hydrogens is 288 g/mol. The Morgan fingerprint density at radius 2 is 2.00 bits per heavy atom. The largest absolute Gasteiger partial charge is 0.481 e. The van der Waals surface area contributed by atoms with Crippen LogP contribution in [0.15, 0.2) is 47.6 Å². The summed E-state index contributed by atoms with van der Waals surface area (Å²) in [6.45, 7) is 0. The van der Waals surface area contributed by atoms with Crippen molar-refractivity contribution in [1.82, 2.24) is 4.98 Å². The van der Waals surface area contributed by atoms with Gasteiger partial charge >= 0.3 is 5.97 Å². The normalized spacial score (nSPS) is 12.8. The van der Waals surface area contributed by atoms with Crippen LogP contribution >= 0.6 is 0 Å². The number of nitrogens with zero attached hydrogens (tertiary/aromatic N) is 2. The van der Waals surface area contributed by atoms with Crippen LogP contribution in [0, 0.1) is 0 Å². The SMILES string of the molecule is O=C(O)CCCCCc1ccnc(C2=Nc3ccccc3C2)c1. The third-order valence-electron chi connectivity index (χ3n) is 4.08. The van der Waals surface area contributed by atoms with Gasteiger partial charge in [-0.15, -0.1) is 0 Å². The first-order chi connectivity index (χ1) is 11.2. The molecule has 1 aliphatic rings. The number of hydrogen-bond acceptors (Lipinski definition) is 3. The first-order valence-electron chi connectivity index (χ1n) is 8.05. The lowest BCUT2D eigenvalue weighted by atomic mass is 10.0. The fraction of sp³-hybridized carbons (Fsp3) is 0.316. The van der Waals surface area contributed by atoms with Crippen molar-refractivity contribution in [2.75, 3.05) is 0 Å². The van der Waals surface area contributed by atoms with Gasteiger partial charge in [-0.05, 0) is 48.6 Å². The molecule has 4 nitrogen and oxygen atoms in total. The van der Waals surface area contributed by atoms with Crippen LogP contribution < -0.4 is 0 Å². The zero-order chi connectivity index (χ0) is 16.1. The lowest BCUT2D eigenvalue weighted by molar-refractivity contribution is -0.137. The summed E-state index contributed by atoms with van der Waals surface area (Å²) in [6.07, 6.45) is 6.58. The van der Waals surface area contributed by atoms with Crippen LogP contribution in [0.2, 0.25) is 0 Å². The summed E-state index contributed by atoms with van der Waals surface area (Å²) < 4.78 is 0. The number of hydrogen-bond donors (Lipinski definition) is 1. The molecule has 0 spiro atoms. The van der Waals surface area contributed by atoms with Gasteiger partial charge in [-0.25, -0.2) is 0 Å². The number of fused-ring (bicyclic) bond motifs is 1.